The Kier molecular flexibility index (Phi) is 6.40. The molecule has 0 bridgehead atoms. The van der Waals surface area contributed by atoms with E-state index >= 15 is 0 Å². The lowest BCUT2D eigenvalue weighted by molar-refractivity contribution is -0.139. The molecule has 0 atom stereocenters. The number of thioether (sulfide) groups is 1. The summed E-state index contributed by atoms with van der Waals surface area (Å²) in [6.45, 7) is -0.341. The van der Waals surface area contributed by atoms with E-state index in [1.807, 2.05) is 42.5 Å². The highest BCUT2D eigenvalue weighted by molar-refractivity contribution is 8.00. The van der Waals surface area contributed by atoms with Crippen LogP contribution in [-0.2, 0) is 23.4 Å². The molecule has 5 rings (SSSR count). The molecular formula is C26H20ClNO3S2. The van der Waals surface area contributed by atoms with Gasteiger partial charge in [-0.1, -0.05) is 78.0 Å². The normalized spacial score (nSPS) is 12.2. The van der Waals surface area contributed by atoms with E-state index in [-0.39, 0.29) is 6.61 Å². The van der Waals surface area contributed by atoms with Gasteiger partial charge in [0.15, 0.2) is 10.9 Å². The number of hydrogen-bond donors (Lipinski definition) is 1. The minimum absolute atomic E-state index is 0.341. The predicted molar refractivity (Wildman–Crippen MR) is 135 cm³/mol. The number of benzene rings is 3. The van der Waals surface area contributed by atoms with Crippen molar-refractivity contribution in [3.63, 3.8) is 0 Å². The van der Waals surface area contributed by atoms with Gasteiger partial charge in [0.05, 0.1) is 5.69 Å². The Morgan fingerprint density at radius 1 is 1.00 bits per heavy atom. The molecule has 7 heteroatoms. The van der Waals surface area contributed by atoms with Crippen LogP contribution in [0.4, 0.5) is 0 Å². The van der Waals surface area contributed by atoms with E-state index < -0.39 is 5.97 Å². The van der Waals surface area contributed by atoms with Crippen molar-refractivity contribution < 1.29 is 14.6 Å². The molecule has 0 amide bonds. The van der Waals surface area contributed by atoms with Crippen LogP contribution in [0.2, 0.25) is 5.02 Å². The van der Waals surface area contributed by atoms with Crippen LogP contribution in [0.25, 0.3) is 22.4 Å². The van der Waals surface area contributed by atoms with E-state index in [1.165, 1.54) is 10.4 Å². The smallest absolute Gasteiger partial charge is 0.341 e. The van der Waals surface area contributed by atoms with Crippen molar-refractivity contribution in [1.82, 2.24) is 4.98 Å². The molecule has 33 heavy (non-hydrogen) atoms. The molecule has 0 fully saturated rings. The monoisotopic (exact) mass is 493 g/mol. The van der Waals surface area contributed by atoms with Gasteiger partial charge in [-0.05, 0) is 36.1 Å². The number of carbonyl (C=O) groups is 1. The summed E-state index contributed by atoms with van der Waals surface area (Å²) in [5.41, 5.74) is 6.47. The zero-order valence-corrected chi connectivity index (χ0v) is 20.0. The number of carboxylic acids is 1. The highest BCUT2D eigenvalue weighted by Crippen LogP contribution is 2.43. The molecule has 0 saturated heterocycles. The second kappa shape index (κ2) is 9.59. The Labute approximate surface area is 205 Å². The van der Waals surface area contributed by atoms with Crippen LogP contribution < -0.4 is 4.74 Å². The van der Waals surface area contributed by atoms with Crippen LogP contribution in [0.15, 0.2) is 71.1 Å². The number of halogens is 1. The number of aliphatic carboxylic acids is 1. The van der Waals surface area contributed by atoms with E-state index in [0.29, 0.717) is 5.75 Å². The summed E-state index contributed by atoms with van der Waals surface area (Å²) in [5.74, 6) is 0.451. The van der Waals surface area contributed by atoms with E-state index in [2.05, 4.69) is 24.3 Å². The number of rotatable bonds is 7. The van der Waals surface area contributed by atoms with Gasteiger partial charge in [-0.25, -0.2) is 9.78 Å². The molecule has 0 radical (unpaired) electrons. The van der Waals surface area contributed by atoms with Crippen LogP contribution >= 0.6 is 34.7 Å². The lowest BCUT2D eigenvalue weighted by Gasteiger charge is -2.18. The lowest BCUT2D eigenvalue weighted by Crippen LogP contribution is -2.12. The van der Waals surface area contributed by atoms with Crippen molar-refractivity contribution in [1.29, 1.82) is 0 Å². The van der Waals surface area contributed by atoms with Crippen LogP contribution in [0.5, 0.6) is 5.75 Å². The summed E-state index contributed by atoms with van der Waals surface area (Å²) < 4.78 is 6.54. The predicted octanol–water partition coefficient (Wildman–Crippen LogP) is 6.98. The second-order valence-corrected chi connectivity index (χ2v) is 10.4. The van der Waals surface area contributed by atoms with Gasteiger partial charge in [-0.15, -0.1) is 11.3 Å². The van der Waals surface area contributed by atoms with Gasteiger partial charge in [0.1, 0.15) is 5.75 Å². The number of nitrogens with zero attached hydrogens (tertiary/aromatic N) is 1. The summed E-state index contributed by atoms with van der Waals surface area (Å²) >= 11 is 9.93. The number of aryl methyl sites for hydroxylation is 1. The van der Waals surface area contributed by atoms with E-state index in [4.69, 9.17) is 26.4 Å². The molecule has 4 aromatic rings. The Morgan fingerprint density at radius 3 is 2.58 bits per heavy atom. The van der Waals surface area contributed by atoms with Crippen molar-refractivity contribution in [2.45, 2.75) is 22.9 Å². The van der Waals surface area contributed by atoms with E-state index in [9.17, 15) is 4.79 Å². The standard InChI is InChI=1S/C26H20ClNO3S2/c27-21-10-4-3-8-18(21)17-7-2-1-6-16(17)15-32-26-28-25-20-9-5-11-22(31-14-24(29)30)19(20)12-13-23(25)33-26/h1-11H,12-15H2,(H,29,30). The van der Waals surface area contributed by atoms with Crippen molar-refractivity contribution in [3.05, 3.63) is 87.8 Å². The molecule has 1 N–H and O–H groups in total. The summed E-state index contributed by atoms with van der Waals surface area (Å²) in [4.78, 5) is 17.1. The number of thiazole rings is 1. The molecule has 1 aliphatic carbocycles. The average Bonchev–Trinajstić information content (AvgIpc) is 3.25. The Balaban J connectivity index is 1.39. The number of aromatic nitrogens is 1. The first kappa shape index (κ1) is 22.0. The second-order valence-electron chi connectivity index (χ2n) is 7.64. The fourth-order valence-electron chi connectivity index (χ4n) is 4.06. The number of hydrogen-bond acceptors (Lipinski definition) is 5. The fraction of sp³-hybridized carbons (Fsp3) is 0.154. The van der Waals surface area contributed by atoms with Gasteiger partial charge in [0.2, 0.25) is 0 Å². The number of ether oxygens (including phenoxy) is 1. The summed E-state index contributed by atoms with van der Waals surface area (Å²) in [5, 5.41) is 9.70. The zero-order valence-electron chi connectivity index (χ0n) is 17.6. The molecule has 0 aliphatic heterocycles. The molecule has 0 unspecified atom stereocenters. The van der Waals surface area contributed by atoms with Crippen LogP contribution in [0.3, 0.4) is 0 Å². The third-order valence-electron chi connectivity index (χ3n) is 5.55. The first-order valence-corrected chi connectivity index (χ1v) is 12.7. The summed E-state index contributed by atoms with van der Waals surface area (Å²) in [7, 11) is 0. The van der Waals surface area contributed by atoms with Crippen molar-refractivity contribution in [2.75, 3.05) is 6.61 Å². The maximum atomic E-state index is 10.9. The molecule has 166 valence electrons. The number of fused-ring (bicyclic) bond motifs is 3. The van der Waals surface area contributed by atoms with Gasteiger partial charge < -0.3 is 9.84 Å². The molecule has 1 aromatic heterocycles. The topological polar surface area (TPSA) is 59.4 Å². The molecule has 0 spiro atoms. The fourth-order valence-corrected chi connectivity index (χ4v) is 6.50. The largest absolute Gasteiger partial charge is 0.482 e. The minimum atomic E-state index is -0.978. The quantitative estimate of drug-likeness (QED) is 0.281. The summed E-state index contributed by atoms with van der Waals surface area (Å²) in [6, 6.07) is 22.0. The van der Waals surface area contributed by atoms with Crippen LogP contribution in [-0.4, -0.2) is 22.7 Å². The van der Waals surface area contributed by atoms with E-state index in [1.54, 1.807) is 23.1 Å². The Bertz CT molecular complexity index is 1330. The van der Waals surface area contributed by atoms with Crippen molar-refractivity contribution in [3.8, 4) is 28.1 Å². The third-order valence-corrected chi connectivity index (χ3v) is 8.19. The molecule has 1 heterocycles. The van der Waals surface area contributed by atoms with Crippen molar-refractivity contribution in [2.24, 2.45) is 0 Å². The van der Waals surface area contributed by atoms with Gasteiger partial charge in [0.25, 0.3) is 0 Å². The first-order valence-electron chi connectivity index (χ1n) is 10.5. The Hall–Kier alpha value is -2.80. The molecule has 3 aromatic carbocycles. The molecule has 4 nitrogen and oxygen atoms in total. The molecule has 0 saturated carbocycles. The summed E-state index contributed by atoms with van der Waals surface area (Å²) in [6.07, 6.45) is 1.70. The van der Waals surface area contributed by atoms with Gasteiger partial charge in [0, 0.05) is 32.3 Å². The van der Waals surface area contributed by atoms with Gasteiger partial charge in [-0.2, -0.15) is 0 Å². The van der Waals surface area contributed by atoms with Gasteiger partial charge in [-0.3, -0.25) is 0 Å². The average molecular weight is 494 g/mol. The number of carboxylic acid groups (broad SMARTS) is 1. The highest BCUT2D eigenvalue weighted by Gasteiger charge is 2.24. The highest BCUT2D eigenvalue weighted by atomic mass is 35.5. The maximum Gasteiger partial charge on any atom is 0.341 e. The zero-order chi connectivity index (χ0) is 22.8. The molecule has 1 aliphatic rings. The minimum Gasteiger partial charge on any atom is -0.482 e. The SMILES string of the molecule is O=C(O)COc1cccc2c1CCc1sc(SCc3ccccc3-c3ccccc3Cl)nc1-2. The van der Waals surface area contributed by atoms with Crippen molar-refractivity contribution >= 4 is 40.7 Å². The van der Waals surface area contributed by atoms with Crippen LogP contribution in [0.1, 0.15) is 16.0 Å². The Morgan fingerprint density at radius 2 is 1.76 bits per heavy atom. The van der Waals surface area contributed by atoms with Gasteiger partial charge >= 0.3 is 5.97 Å². The van der Waals surface area contributed by atoms with E-state index in [0.717, 1.165) is 55.9 Å². The van der Waals surface area contributed by atoms with Crippen LogP contribution in [0, 0.1) is 0 Å². The lowest BCUT2D eigenvalue weighted by atomic mass is 9.93. The molecular weight excluding hydrogens is 474 g/mol. The first-order chi connectivity index (χ1) is 16.1. The maximum absolute atomic E-state index is 10.9. The third kappa shape index (κ3) is 4.64.